The van der Waals surface area contributed by atoms with Crippen molar-refractivity contribution in [2.45, 2.75) is 26.9 Å². The summed E-state index contributed by atoms with van der Waals surface area (Å²) in [6, 6.07) is 3.58. The Labute approximate surface area is 96.2 Å². The van der Waals surface area contributed by atoms with Crippen LogP contribution in [0, 0.1) is 6.92 Å². The summed E-state index contributed by atoms with van der Waals surface area (Å²) in [5.41, 5.74) is 1.66. The van der Waals surface area contributed by atoms with Crippen molar-refractivity contribution >= 4 is 0 Å². The number of pyridine rings is 1. The fourth-order valence-corrected chi connectivity index (χ4v) is 1.32. The van der Waals surface area contributed by atoms with Crippen LogP contribution >= 0.6 is 0 Å². The third kappa shape index (κ3) is 4.59. The molecule has 0 atom stereocenters. The molecule has 4 heteroatoms. The van der Waals surface area contributed by atoms with E-state index in [9.17, 15) is 0 Å². The maximum atomic E-state index is 9.02. The van der Waals surface area contributed by atoms with Crippen LogP contribution in [0.15, 0.2) is 12.1 Å². The third-order valence-electron chi connectivity index (χ3n) is 2.00. The molecule has 0 saturated heterocycles. The molecule has 0 fully saturated rings. The number of aliphatic hydroxyl groups is 1. The van der Waals surface area contributed by atoms with E-state index in [1.165, 1.54) is 0 Å². The number of rotatable bonds is 7. The highest BCUT2D eigenvalue weighted by molar-refractivity contribution is 5.23. The van der Waals surface area contributed by atoms with Gasteiger partial charge in [-0.1, -0.05) is 6.92 Å². The van der Waals surface area contributed by atoms with Crippen LogP contribution < -0.4 is 4.74 Å². The van der Waals surface area contributed by atoms with E-state index in [0.29, 0.717) is 19.1 Å². The molecular weight excluding hydrogens is 206 g/mol. The maximum absolute atomic E-state index is 9.02. The fraction of sp³-hybridized carbons (Fsp3) is 0.583. The lowest BCUT2D eigenvalue weighted by Crippen LogP contribution is -2.08. The van der Waals surface area contributed by atoms with Crippen LogP contribution in [0.25, 0.3) is 0 Å². The molecule has 1 aromatic rings. The van der Waals surface area contributed by atoms with Gasteiger partial charge in [0, 0.05) is 18.4 Å². The predicted octanol–water partition coefficient (Wildman–Crippen LogP) is 1.69. The quantitative estimate of drug-likeness (QED) is 0.717. The molecule has 1 heterocycles. The zero-order valence-electron chi connectivity index (χ0n) is 9.90. The Morgan fingerprint density at radius 1 is 1.25 bits per heavy atom. The number of hydrogen-bond donors (Lipinski definition) is 1. The van der Waals surface area contributed by atoms with Crippen LogP contribution in [-0.4, -0.2) is 29.9 Å². The van der Waals surface area contributed by atoms with E-state index >= 15 is 0 Å². The lowest BCUT2D eigenvalue weighted by Gasteiger charge is -2.07. The minimum atomic E-state index is 0.00601. The first-order valence-corrected chi connectivity index (χ1v) is 5.55. The smallest absolute Gasteiger partial charge is 0.213 e. The van der Waals surface area contributed by atoms with Crippen molar-refractivity contribution in [2.75, 3.05) is 19.8 Å². The lowest BCUT2D eigenvalue weighted by molar-refractivity contribution is 0.0989. The van der Waals surface area contributed by atoms with Gasteiger partial charge >= 0.3 is 0 Å². The summed E-state index contributed by atoms with van der Waals surface area (Å²) >= 11 is 0. The van der Waals surface area contributed by atoms with Crippen molar-refractivity contribution in [3.63, 3.8) is 0 Å². The van der Waals surface area contributed by atoms with Gasteiger partial charge in [0.15, 0.2) is 0 Å². The van der Waals surface area contributed by atoms with E-state index in [2.05, 4.69) is 11.9 Å². The monoisotopic (exact) mass is 225 g/mol. The second-order valence-electron chi connectivity index (χ2n) is 3.57. The molecule has 0 aliphatic rings. The van der Waals surface area contributed by atoms with Gasteiger partial charge in [-0.25, -0.2) is 4.98 Å². The van der Waals surface area contributed by atoms with E-state index < -0.39 is 0 Å². The average molecular weight is 225 g/mol. The molecule has 0 radical (unpaired) electrons. The van der Waals surface area contributed by atoms with Crippen molar-refractivity contribution in [3.8, 4) is 5.88 Å². The van der Waals surface area contributed by atoms with Crippen LogP contribution in [0.2, 0.25) is 0 Å². The second-order valence-corrected chi connectivity index (χ2v) is 3.57. The molecule has 0 aliphatic heterocycles. The molecule has 0 unspecified atom stereocenters. The summed E-state index contributed by atoms with van der Waals surface area (Å²) < 4.78 is 10.7. The Morgan fingerprint density at radius 3 is 2.75 bits per heavy atom. The van der Waals surface area contributed by atoms with Crippen LogP contribution in [-0.2, 0) is 11.3 Å². The molecule has 0 aromatic carbocycles. The van der Waals surface area contributed by atoms with Crippen molar-refractivity contribution in [1.82, 2.24) is 4.98 Å². The van der Waals surface area contributed by atoms with E-state index in [0.717, 1.165) is 24.3 Å². The van der Waals surface area contributed by atoms with Crippen molar-refractivity contribution in [2.24, 2.45) is 0 Å². The molecule has 0 aliphatic carbocycles. The molecule has 0 bridgehead atoms. The molecule has 0 saturated carbocycles. The topological polar surface area (TPSA) is 51.6 Å². The molecule has 1 N–H and O–H groups in total. The van der Waals surface area contributed by atoms with E-state index in [1.54, 1.807) is 6.07 Å². The molecule has 90 valence electrons. The summed E-state index contributed by atoms with van der Waals surface area (Å²) in [7, 11) is 0. The predicted molar refractivity (Wildman–Crippen MR) is 61.5 cm³/mol. The Balaban J connectivity index is 2.38. The van der Waals surface area contributed by atoms with Gasteiger partial charge in [0.2, 0.25) is 5.88 Å². The average Bonchev–Trinajstić information content (AvgIpc) is 2.28. The van der Waals surface area contributed by atoms with Gasteiger partial charge in [-0.05, 0) is 25.0 Å². The highest BCUT2D eigenvalue weighted by Crippen LogP contribution is 2.12. The van der Waals surface area contributed by atoms with Crippen molar-refractivity contribution < 1.29 is 14.6 Å². The fourth-order valence-electron chi connectivity index (χ4n) is 1.32. The number of hydrogen-bond acceptors (Lipinski definition) is 4. The summed E-state index contributed by atoms with van der Waals surface area (Å²) in [4.78, 5) is 4.21. The summed E-state index contributed by atoms with van der Waals surface area (Å²) in [5.74, 6) is 0.546. The lowest BCUT2D eigenvalue weighted by atomic mass is 10.2. The largest absolute Gasteiger partial charge is 0.475 e. The van der Waals surface area contributed by atoms with E-state index in [1.807, 2.05) is 13.0 Å². The van der Waals surface area contributed by atoms with Crippen LogP contribution in [0.4, 0.5) is 0 Å². The van der Waals surface area contributed by atoms with Crippen molar-refractivity contribution in [1.29, 1.82) is 0 Å². The minimum absolute atomic E-state index is 0.00601. The molecule has 0 amide bonds. The summed E-state index contributed by atoms with van der Waals surface area (Å²) in [6.07, 6.45) is 1.01. The van der Waals surface area contributed by atoms with E-state index in [-0.39, 0.29) is 6.61 Å². The van der Waals surface area contributed by atoms with Gasteiger partial charge in [-0.2, -0.15) is 0 Å². The van der Waals surface area contributed by atoms with Gasteiger partial charge in [0.25, 0.3) is 0 Å². The highest BCUT2D eigenvalue weighted by Gasteiger charge is 2.00. The Kier molecular flexibility index (Phi) is 5.82. The second kappa shape index (κ2) is 7.19. The Hall–Kier alpha value is -1.13. The van der Waals surface area contributed by atoms with Crippen molar-refractivity contribution in [3.05, 3.63) is 23.4 Å². The molecule has 16 heavy (non-hydrogen) atoms. The highest BCUT2D eigenvalue weighted by atomic mass is 16.5. The number of aliphatic hydroxyl groups excluding tert-OH is 1. The van der Waals surface area contributed by atoms with E-state index in [4.69, 9.17) is 14.6 Å². The maximum Gasteiger partial charge on any atom is 0.213 e. The minimum Gasteiger partial charge on any atom is -0.475 e. The zero-order valence-corrected chi connectivity index (χ0v) is 9.90. The summed E-state index contributed by atoms with van der Waals surface area (Å²) in [6.45, 7) is 5.76. The Bertz CT molecular complexity index is 315. The van der Waals surface area contributed by atoms with Crippen LogP contribution in [0.1, 0.15) is 24.6 Å². The number of aromatic nitrogens is 1. The standard InChI is InChI=1S/C12H19NO3/c1-3-4-15-5-6-16-12-8-11(9-14)7-10(2)13-12/h7-8,14H,3-6,9H2,1-2H3. The van der Waals surface area contributed by atoms with Crippen LogP contribution in [0.3, 0.4) is 0 Å². The normalized spacial score (nSPS) is 10.4. The van der Waals surface area contributed by atoms with Gasteiger partial charge < -0.3 is 14.6 Å². The number of nitrogens with zero attached hydrogens (tertiary/aromatic N) is 1. The van der Waals surface area contributed by atoms with Crippen LogP contribution in [0.5, 0.6) is 5.88 Å². The summed E-state index contributed by atoms with van der Waals surface area (Å²) in [5, 5.41) is 9.02. The van der Waals surface area contributed by atoms with Gasteiger partial charge in [0.05, 0.1) is 13.2 Å². The Morgan fingerprint density at radius 2 is 2.06 bits per heavy atom. The third-order valence-corrected chi connectivity index (χ3v) is 2.00. The molecule has 1 rings (SSSR count). The van der Waals surface area contributed by atoms with Gasteiger partial charge in [0.1, 0.15) is 6.61 Å². The first kappa shape index (κ1) is 12.9. The van der Waals surface area contributed by atoms with Gasteiger partial charge in [-0.3, -0.25) is 0 Å². The molecular formula is C12H19NO3. The molecule has 4 nitrogen and oxygen atoms in total. The first-order valence-electron chi connectivity index (χ1n) is 5.55. The zero-order chi connectivity index (χ0) is 11.8. The molecule has 1 aromatic heterocycles. The number of aryl methyl sites for hydroxylation is 1. The number of ether oxygens (including phenoxy) is 2. The SMILES string of the molecule is CCCOCCOc1cc(CO)cc(C)n1. The first-order chi connectivity index (χ1) is 7.76. The van der Waals surface area contributed by atoms with Gasteiger partial charge in [-0.15, -0.1) is 0 Å². The molecule has 0 spiro atoms.